The summed E-state index contributed by atoms with van der Waals surface area (Å²) >= 11 is 0. The maximum absolute atomic E-state index is 13.6. The molecular weight excluding hydrogens is 472 g/mol. The third-order valence-corrected chi connectivity index (χ3v) is 8.09. The van der Waals surface area contributed by atoms with Gasteiger partial charge in [-0.15, -0.1) is 0 Å². The van der Waals surface area contributed by atoms with Crippen molar-refractivity contribution in [3.63, 3.8) is 0 Å². The SMILES string of the molecule is O=C1Oc2c(OC(=O)C34CC5COCC(CC(C5)C3)C4)c3oc2c1c3C(=O)OCCS(=O)(=O)O. The Morgan fingerprint density at radius 3 is 2.41 bits per heavy atom. The number of rotatable bonds is 6. The van der Waals surface area contributed by atoms with Gasteiger partial charge in [0.05, 0.1) is 5.41 Å². The van der Waals surface area contributed by atoms with Crippen LogP contribution in [-0.2, 0) is 24.4 Å². The van der Waals surface area contributed by atoms with E-state index in [0.29, 0.717) is 32.0 Å². The highest BCUT2D eigenvalue weighted by Gasteiger charge is 2.54. The Hall–Kier alpha value is -2.70. The lowest BCUT2D eigenvalue weighted by molar-refractivity contribution is -0.161. The van der Waals surface area contributed by atoms with E-state index in [0.717, 1.165) is 19.3 Å². The predicted octanol–water partition coefficient (Wildman–Crippen LogP) is 2.20. The molecule has 0 spiro atoms. The van der Waals surface area contributed by atoms with Gasteiger partial charge in [-0.2, -0.15) is 8.42 Å². The fraction of sp³-hybridized carbons (Fsp3) is 0.591. The van der Waals surface area contributed by atoms with E-state index in [9.17, 15) is 22.8 Å². The highest BCUT2D eigenvalue weighted by molar-refractivity contribution is 7.85. The van der Waals surface area contributed by atoms with Crippen LogP contribution in [0.1, 0.15) is 52.8 Å². The Morgan fingerprint density at radius 2 is 1.74 bits per heavy atom. The largest absolute Gasteiger partial charge is 0.461 e. The molecule has 2 aromatic rings. The topological polar surface area (TPSA) is 156 Å². The smallest absolute Gasteiger partial charge is 0.348 e. The van der Waals surface area contributed by atoms with Gasteiger partial charge in [0.2, 0.25) is 11.5 Å². The lowest BCUT2D eigenvalue weighted by atomic mass is 9.56. The lowest BCUT2D eigenvalue weighted by Gasteiger charge is -2.50. The maximum atomic E-state index is 13.6. The van der Waals surface area contributed by atoms with Crippen molar-refractivity contribution in [1.82, 2.24) is 0 Å². The van der Waals surface area contributed by atoms with Crippen LogP contribution in [0.2, 0.25) is 0 Å². The first-order chi connectivity index (χ1) is 16.1. The molecule has 182 valence electrons. The van der Waals surface area contributed by atoms with Crippen molar-refractivity contribution >= 4 is 39.2 Å². The standard InChI is InChI=1S/C22H22O11S/c23-19(30-1-2-34(26,27)28)13-14-16-17(32-20(14)24)18(15(13)31-16)33-21(25)22-5-10-3-11(6-22)8-29-9-12(4-10)7-22/h10-12H,1-9H2,(H,26,27,28). The summed E-state index contributed by atoms with van der Waals surface area (Å²) < 4.78 is 57.9. The molecule has 4 fully saturated rings. The summed E-state index contributed by atoms with van der Waals surface area (Å²) in [6, 6.07) is 0. The minimum Gasteiger partial charge on any atom is -0.461 e. The van der Waals surface area contributed by atoms with Crippen LogP contribution in [0.4, 0.5) is 0 Å². The molecule has 2 saturated heterocycles. The summed E-state index contributed by atoms with van der Waals surface area (Å²) in [7, 11) is -4.35. The first-order valence-corrected chi connectivity index (χ1v) is 12.8. The minimum atomic E-state index is -4.35. The molecule has 2 unspecified atom stereocenters. The monoisotopic (exact) mass is 494 g/mol. The zero-order valence-corrected chi connectivity index (χ0v) is 18.9. The second-order valence-electron chi connectivity index (χ2n) is 9.87. The highest BCUT2D eigenvalue weighted by Crippen LogP contribution is 2.57. The van der Waals surface area contributed by atoms with Crippen LogP contribution in [-0.4, -0.2) is 56.5 Å². The number of carbonyl (C=O) groups is 3. The number of benzene rings is 1. The third-order valence-electron chi connectivity index (χ3n) is 7.41. The Bertz CT molecular complexity index is 1290. The molecule has 34 heavy (non-hydrogen) atoms. The van der Waals surface area contributed by atoms with Crippen molar-refractivity contribution in [2.45, 2.75) is 32.1 Å². The van der Waals surface area contributed by atoms with E-state index < -0.39 is 45.8 Å². The summed E-state index contributed by atoms with van der Waals surface area (Å²) in [4.78, 5) is 38.6. The van der Waals surface area contributed by atoms with Gasteiger partial charge in [-0.25, -0.2) is 9.59 Å². The number of esters is 3. The molecular formula is C22H22O11S. The van der Waals surface area contributed by atoms with Gasteiger partial charge >= 0.3 is 17.9 Å². The van der Waals surface area contributed by atoms with Crippen LogP contribution in [0.3, 0.4) is 0 Å². The molecule has 12 heteroatoms. The lowest BCUT2D eigenvalue weighted by Crippen LogP contribution is -2.50. The van der Waals surface area contributed by atoms with Gasteiger partial charge in [0, 0.05) is 13.2 Å². The molecule has 5 heterocycles. The fourth-order valence-corrected chi connectivity index (χ4v) is 6.67. The van der Waals surface area contributed by atoms with Crippen LogP contribution in [0, 0.1) is 23.2 Å². The van der Waals surface area contributed by atoms with Gasteiger partial charge in [-0.05, 0) is 49.9 Å². The number of furan rings is 2. The molecule has 11 nitrogen and oxygen atoms in total. The Kier molecular flexibility index (Phi) is 4.74. The van der Waals surface area contributed by atoms with Crippen molar-refractivity contribution in [3.8, 4) is 11.5 Å². The summed E-state index contributed by atoms with van der Waals surface area (Å²) in [5.74, 6) is -2.36. The van der Waals surface area contributed by atoms with Crippen LogP contribution in [0.5, 0.6) is 11.5 Å². The number of carbonyl (C=O) groups excluding carboxylic acids is 3. The molecule has 5 aliphatic rings. The molecule has 2 aliphatic carbocycles. The van der Waals surface area contributed by atoms with Crippen molar-refractivity contribution < 1.29 is 50.7 Å². The van der Waals surface area contributed by atoms with Crippen molar-refractivity contribution in [1.29, 1.82) is 0 Å². The number of hydrogen-bond donors (Lipinski definition) is 1. The van der Waals surface area contributed by atoms with Crippen molar-refractivity contribution in [3.05, 3.63) is 11.1 Å². The van der Waals surface area contributed by atoms with Crippen molar-refractivity contribution in [2.24, 2.45) is 23.2 Å². The first kappa shape index (κ1) is 21.8. The van der Waals surface area contributed by atoms with E-state index in [1.807, 2.05) is 0 Å². The normalized spacial score (nSPS) is 29.8. The molecule has 7 rings (SSSR count). The van der Waals surface area contributed by atoms with E-state index in [-0.39, 0.29) is 45.6 Å². The molecule has 3 aliphatic heterocycles. The second-order valence-corrected chi connectivity index (χ2v) is 11.4. The van der Waals surface area contributed by atoms with Crippen LogP contribution < -0.4 is 9.47 Å². The van der Waals surface area contributed by atoms with Gasteiger partial charge in [-0.1, -0.05) is 0 Å². The van der Waals surface area contributed by atoms with Crippen molar-refractivity contribution in [2.75, 3.05) is 25.6 Å². The second kappa shape index (κ2) is 7.40. The molecule has 2 aromatic heterocycles. The number of ether oxygens (including phenoxy) is 4. The van der Waals surface area contributed by atoms with Gasteiger partial charge in [0.25, 0.3) is 10.1 Å². The maximum Gasteiger partial charge on any atom is 0.348 e. The zero-order chi connectivity index (χ0) is 23.8. The Morgan fingerprint density at radius 1 is 1.06 bits per heavy atom. The van der Waals surface area contributed by atoms with E-state index >= 15 is 0 Å². The Labute approximate surface area is 193 Å². The van der Waals surface area contributed by atoms with E-state index in [4.69, 9.17) is 27.9 Å². The highest BCUT2D eigenvalue weighted by atomic mass is 32.2. The zero-order valence-electron chi connectivity index (χ0n) is 18.0. The molecule has 0 radical (unpaired) electrons. The van der Waals surface area contributed by atoms with E-state index in [2.05, 4.69) is 0 Å². The summed E-state index contributed by atoms with van der Waals surface area (Å²) in [5, 5.41) is 0. The van der Waals surface area contributed by atoms with Gasteiger partial charge < -0.3 is 23.4 Å². The molecule has 2 saturated carbocycles. The molecule has 1 N–H and O–H groups in total. The third kappa shape index (κ3) is 3.38. The average molecular weight is 494 g/mol. The van der Waals surface area contributed by atoms with E-state index in [1.165, 1.54) is 0 Å². The van der Waals surface area contributed by atoms with Gasteiger partial charge in [0.1, 0.15) is 23.5 Å². The number of fused-ring (bicyclic) bond motifs is 3. The molecule has 0 amide bonds. The van der Waals surface area contributed by atoms with Crippen LogP contribution in [0.15, 0.2) is 4.42 Å². The van der Waals surface area contributed by atoms with Gasteiger partial charge in [0.15, 0.2) is 11.2 Å². The minimum absolute atomic E-state index is 0.0162. The molecule has 6 bridgehead atoms. The molecule has 0 aromatic carbocycles. The Balaban J connectivity index is 1.29. The summed E-state index contributed by atoms with van der Waals surface area (Å²) in [6.45, 7) is 0.614. The number of hydrogen-bond acceptors (Lipinski definition) is 10. The predicted molar refractivity (Wildman–Crippen MR) is 111 cm³/mol. The van der Waals surface area contributed by atoms with Gasteiger partial charge in [-0.3, -0.25) is 9.35 Å². The summed E-state index contributed by atoms with van der Waals surface area (Å²) in [6.07, 6.45) is 4.08. The summed E-state index contributed by atoms with van der Waals surface area (Å²) in [5.41, 5.74) is -1.28. The average Bonchev–Trinajstić information content (AvgIpc) is 3.34. The molecule has 2 atom stereocenters. The first-order valence-electron chi connectivity index (χ1n) is 11.2. The van der Waals surface area contributed by atoms with Crippen LogP contribution in [0.25, 0.3) is 11.2 Å². The quantitative estimate of drug-likeness (QED) is 0.357. The fourth-order valence-electron chi connectivity index (χ4n) is 6.37. The van der Waals surface area contributed by atoms with Crippen LogP contribution >= 0.6 is 0 Å². The van der Waals surface area contributed by atoms with E-state index in [1.54, 1.807) is 0 Å².